The van der Waals surface area contributed by atoms with Crippen molar-refractivity contribution in [3.63, 3.8) is 0 Å². The molecule has 1 saturated heterocycles. The van der Waals surface area contributed by atoms with E-state index in [4.69, 9.17) is 11.6 Å². The van der Waals surface area contributed by atoms with Crippen molar-refractivity contribution >= 4 is 50.7 Å². The van der Waals surface area contributed by atoms with E-state index in [-0.39, 0.29) is 16.8 Å². The fraction of sp³-hybridized carbons (Fsp3) is 0.409. The second kappa shape index (κ2) is 9.81. The Morgan fingerprint density at radius 1 is 1.10 bits per heavy atom. The van der Waals surface area contributed by atoms with Crippen molar-refractivity contribution in [3.8, 4) is 0 Å². The quantitative estimate of drug-likeness (QED) is 0.600. The first-order valence-corrected chi connectivity index (χ1v) is 13.5. The van der Waals surface area contributed by atoms with E-state index in [1.165, 1.54) is 0 Å². The largest absolute Gasteiger partial charge is 0.369 e. The van der Waals surface area contributed by atoms with Gasteiger partial charge in [0.15, 0.2) is 0 Å². The highest BCUT2D eigenvalue weighted by Gasteiger charge is 2.27. The number of rotatable bonds is 8. The van der Waals surface area contributed by atoms with Gasteiger partial charge in [-0.25, -0.2) is 13.1 Å². The zero-order valence-electron chi connectivity index (χ0n) is 17.1. The summed E-state index contributed by atoms with van der Waals surface area (Å²) in [4.78, 5) is 14.9. The maximum Gasteiger partial charge on any atom is 0.240 e. The fourth-order valence-electron chi connectivity index (χ4n) is 3.45. The number of carbonyl (C=O) groups excluding carboxylic acids is 1. The minimum atomic E-state index is -3.45. The highest BCUT2D eigenvalue weighted by atomic mass is 35.5. The zero-order valence-corrected chi connectivity index (χ0v) is 19.5. The van der Waals surface area contributed by atoms with Gasteiger partial charge in [0.25, 0.3) is 0 Å². The van der Waals surface area contributed by atoms with Crippen LogP contribution >= 0.6 is 23.4 Å². The Kier molecular flexibility index (Phi) is 7.11. The van der Waals surface area contributed by atoms with Gasteiger partial charge in [-0.05, 0) is 55.2 Å². The van der Waals surface area contributed by atoms with E-state index in [0.717, 1.165) is 48.7 Å². The third kappa shape index (κ3) is 6.16. The van der Waals surface area contributed by atoms with Crippen molar-refractivity contribution < 1.29 is 13.2 Å². The molecular weight excluding hydrogens is 454 g/mol. The van der Waals surface area contributed by atoms with Gasteiger partial charge in [0.2, 0.25) is 15.9 Å². The van der Waals surface area contributed by atoms with Crippen LogP contribution in [-0.4, -0.2) is 45.0 Å². The van der Waals surface area contributed by atoms with Crippen LogP contribution in [0, 0.1) is 0 Å². The highest BCUT2D eigenvalue weighted by molar-refractivity contribution is 7.99. The average molecular weight is 480 g/mol. The first kappa shape index (κ1) is 22.5. The molecule has 1 heterocycles. The summed E-state index contributed by atoms with van der Waals surface area (Å²) in [6, 6.07) is 12.4. The number of halogens is 1. The molecule has 2 fully saturated rings. The highest BCUT2D eigenvalue weighted by Crippen LogP contribution is 2.30. The number of benzene rings is 2. The Labute approximate surface area is 192 Å². The molecule has 9 heteroatoms. The van der Waals surface area contributed by atoms with Gasteiger partial charge in [-0.15, -0.1) is 0 Å². The van der Waals surface area contributed by atoms with Crippen molar-refractivity contribution in [1.29, 1.82) is 0 Å². The Morgan fingerprint density at radius 3 is 2.45 bits per heavy atom. The van der Waals surface area contributed by atoms with Crippen molar-refractivity contribution in [1.82, 2.24) is 4.72 Å². The van der Waals surface area contributed by atoms with Gasteiger partial charge in [0.05, 0.1) is 15.6 Å². The summed E-state index contributed by atoms with van der Waals surface area (Å²) < 4.78 is 27.1. The van der Waals surface area contributed by atoms with Crippen molar-refractivity contribution in [2.75, 3.05) is 34.8 Å². The van der Waals surface area contributed by atoms with Crippen molar-refractivity contribution in [2.24, 2.45) is 0 Å². The molecule has 0 aromatic heterocycles. The van der Waals surface area contributed by atoms with Crippen molar-refractivity contribution in [2.45, 2.75) is 36.6 Å². The minimum absolute atomic E-state index is 0.0785. The van der Waals surface area contributed by atoms with E-state index in [1.807, 2.05) is 23.9 Å². The molecule has 1 aliphatic carbocycles. The maximum atomic E-state index is 12.4. The van der Waals surface area contributed by atoms with E-state index in [0.29, 0.717) is 23.6 Å². The lowest BCUT2D eigenvalue weighted by molar-refractivity contribution is -0.116. The fourth-order valence-corrected chi connectivity index (χ4v) is 5.96. The molecule has 0 spiro atoms. The molecule has 0 atom stereocenters. The van der Waals surface area contributed by atoms with Crippen LogP contribution in [0.4, 0.5) is 11.4 Å². The van der Waals surface area contributed by atoms with E-state index < -0.39 is 10.0 Å². The predicted octanol–water partition coefficient (Wildman–Crippen LogP) is 3.91. The number of nitrogens with zero attached hydrogens (tertiary/aromatic N) is 1. The smallest absolute Gasteiger partial charge is 0.240 e. The van der Waals surface area contributed by atoms with Crippen LogP contribution in [0.3, 0.4) is 0 Å². The number of carbonyl (C=O) groups is 1. The van der Waals surface area contributed by atoms with Gasteiger partial charge in [-0.1, -0.05) is 23.7 Å². The van der Waals surface area contributed by atoms with E-state index in [9.17, 15) is 13.2 Å². The van der Waals surface area contributed by atoms with Crippen LogP contribution in [0.1, 0.15) is 24.8 Å². The first-order valence-electron chi connectivity index (χ1n) is 10.4. The molecule has 2 aromatic carbocycles. The predicted molar refractivity (Wildman–Crippen MR) is 128 cm³/mol. The third-order valence-electron chi connectivity index (χ3n) is 5.36. The first-order chi connectivity index (χ1) is 14.9. The lowest BCUT2D eigenvalue weighted by atomic mass is 10.1. The Hall–Kier alpha value is -1.74. The standard InChI is InChI=1S/C22H26ClN3O3S2/c23-20-15-18(6-9-21(20)26-11-13-30-14-12-26)24-22(27)10-3-16-1-7-19(8-2-16)31(28,29)25-17-4-5-17/h1-2,6-9,15,17,25H,3-5,10-14H2,(H,24,27). The average Bonchev–Trinajstić information content (AvgIpc) is 3.57. The molecule has 1 aliphatic heterocycles. The van der Waals surface area contributed by atoms with Gasteiger partial charge in [0.1, 0.15) is 0 Å². The molecule has 6 nitrogen and oxygen atoms in total. The molecule has 2 aromatic rings. The third-order valence-corrected chi connectivity index (χ3v) is 8.14. The van der Waals surface area contributed by atoms with Crippen LogP contribution in [0.2, 0.25) is 5.02 Å². The summed E-state index contributed by atoms with van der Waals surface area (Å²) in [5.41, 5.74) is 2.60. The number of thioether (sulfide) groups is 1. The number of anilines is 2. The summed E-state index contributed by atoms with van der Waals surface area (Å²) in [5.74, 6) is 2.09. The van der Waals surface area contributed by atoms with Crippen molar-refractivity contribution in [3.05, 3.63) is 53.1 Å². The number of hydrogen-bond donors (Lipinski definition) is 2. The van der Waals surface area contributed by atoms with Crippen LogP contribution in [0.15, 0.2) is 47.4 Å². The SMILES string of the molecule is O=C(CCc1ccc(S(=O)(=O)NC2CC2)cc1)Nc1ccc(N2CCSCC2)c(Cl)c1. The van der Waals surface area contributed by atoms with Crippen LogP contribution in [0.25, 0.3) is 0 Å². The summed E-state index contributed by atoms with van der Waals surface area (Å²) in [5, 5.41) is 3.54. The van der Waals surface area contributed by atoms with Gasteiger partial charge in [-0.2, -0.15) is 11.8 Å². The molecule has 31 heavy (non-hydrogen) atoms. The number of hydrogen-bond acceptors (Lipinski definition) is 5. The summed E-state index contributed by atoms with van der Waals surface area (Å²) in [7, 11) is -3.45. The second-order valence-corrected chi connectivity index (χ2v) is 11.2. The molecule has 4 rings (SSSR count). The molecule has 2 aliphatic rings. The Bertz CT molecular complexity index is 1030. The Balaban J connectivity index is 1.29. The van der Waals surface area contributed by atoms with Gasteiger partial charge in [0, 0.05) is 42.7 Å². The summed E-state index contributed by atoms with van der Waals surface area (Å²) in [6.07, 6.45) is 2.63. The van der Waals surface area contributed by atoms with Crippen LogP contribution < -0.4 is 14.9 Å². The van der Waals surface area contributed by atoms with Crippen LogP contribution in [0.5, 0.6) is 0 Å². The number of nitrogens with one attached hydrogen (secondary N) is 2. The number of amides is 1. The molecule has 2 N–H and O–H groups in total. The number of aryl methyl sites for hydroxylation is 1. The Morgan fingerprint density at radius 2 is 1.81 bits per heavy atom. The maximum absolute atomic E-state index is 12.4. The van der Waals surface area contributed by atoms with Crippen LogP contribution in [-0.2, 0) is 21.2 Å². The summed E-state index contributed by atoms with van der Waals surface area (Å²) >= 11 is 8.40. The molecule has 0 bridgehead atoms. The monoisotopic (exact) mass is 479 g/mol. The lowest BCUT2D eigenvalue weighted by Gasteiger charge is -2.29. The van der Waals surface area contributed by atoms with Gasteiger partial charge < -0.3 is 10.2 Å². The number of sulfonamides is 1. The topological polar surface area (TPSA) is 78.5 Å². The van der Waals surface area contributed by atoms with Gasteiger partial charge in [-0.3, -0.25) is 4.79 Å². The molecule has 1 amide bonds. The zero-order chi connectivity index (χ0) is 21.8. The van der Waals surface area contributed by atoms with E-state index in [2.05, 4.69) is 14.9 Å². The second-order valence-electron chi connectivity index (χ2n) is 7.85. The molecule has 0 unspecified atom stereocenters. The normalized spacial score (nSPS) is 16.9. The summed E-state index contributed by atoms with van der Waals surface area (Å²) in [6.45, 7) is 1.96. The minimum Gasteiger partial charge on any atom is -0.369 e. The van der Waals surface area contributed by atoms with E-state index >= 15 is 0 Å². The molecule has 1 saturated carbocycles. The van der Waals surface area contributed by atoms with E-state index in [1.54, 1.807) is 30.3 Å². The molecule has 0 radical (unpaired) electrons. The lowest BCUT2D eigenvalue weighted by Crippen LogP contribution is -2.32. The molecule has 166 valence electrons. The molecular formula is C22H26ClN3O3S2. The van der Waals surface area contributed by atoms with Gasteiger partial charge >= 0.3 is 0 Å².